The molecule has 19 heavy (non-hydrogen) atoms. The van der Waals surface area contributed by atoms with Gasteiger partial charge in [-0.05, 0) is 49.2 Å². The van der Waals surface area contributed by atoms with Crippen LogP contribution in [0.3, 0.4) is 0 Å². The molecule has 0 saturated carbocycles. The third-order valence-corrected chi connectivity index (χ3v) is 3.42. The molecule has 0 aliphatic carbocycles. The molecule has 0 bridgehead atoms. The number of piperidine rings is 1. The van der Waals surface area contributed by atoms with Crippen LogP contribution in [0, 0.1) is 11.7 Å². The Kier molecular flexibility index (Phi) is 3.50. The molecule has 1 saturated heterocycles. The largest absolute Gasteiger partial charge is 0.317 e. The SMILES string of the molecule is Fc1cccc(-n2nnc(CC3CCNCC3)n2)c1. The van der Waals surface area contributed by atoms with E-state index in [2.05, 4.69) is 20.7 Å². The zero-order chi connectivity index (χ0) is 13.1. The van der Waals surface area contributed by atoms with Crippen LogP contribution >= 0.6 is 0 Å². The molecule has 3 rings (SSSR count). The molecule has 0 atom stereocenters. The van der Waals surface area contributed by atoms with Crippen molar-refractivity contribution in [2.24, 2.45) is 5.92 Å². The van der Waals surface area contributed by atoms with Crippen molar-refractivity contribution in [2.75, 3.05) is 13.1 Å². The normalized spacial score (nSPS) is 16.7. The lowest BCUT2D eigenvalue weighted by molar-refractivity contribution is 0.367. The molecule has 1 aromatic heterocycles. The Hall–Kier alpha value is -1.82. The summed E-state index contributed by atoms with van der Waals surface area (Å²) in [6.07, 6.45) is 3.14. The second kappa shape index (κ2) is 5.44. The Morgan fingerprint density at radius 1 is 1.32 bits per heavy atom. The minimum atomic E-state index is -0.297. The second-order valence-corrected chi connectivity index (χ2v) is 4.87. The summed E-state index contributed by atoms with van der Waals surface area (Å²) < 4.78 is 13.1. The number of tetrazole rings is 1. The third-order valence-electron chi connectivity index (χ3n) is 3.42. The average molecular weight is 261 g/mol. The van der Waals surface area contributed by atoms with Crippen LogP contribution in [0.2, 0.25) is 0 Å². The van der Waals surface area contributed by atoms with E-state index in [1.165, 1.54) is 16.9 Å². The molecule has 2 aromatic rings. The second-order valence-electron chi connectivity index (χ2n) is 4.87. The molecular weight excluding hydrogens is 245 g/mol. The van der Waals surface area contributed by atoms with E-state index in [0.29, 0.717) is 11.6 Å². The van der Waals surface area contributed by atoms with Crippen LogP contribution in [-0.4, -0.2) is 33.3 Å². The first-order valence-corrected chi connectivity index (χ1v) is 6.57. The van der Waals surface area contributed by atoms with Gasteiger partial charge in [0.15, 0.2) is 5.82 Å². The zero-order valence-electron chi connectivity index (χ0n) is 10.6. The Morgan fingerprint density at radius 3 is 2.95 bits per heavy atom. The summed E-state index contributed by atoms with van der Waals surface area (Å²) in [5.74, 6) is 1.05. The van der Waals surface area contributed by atoms with Gasteiger partial charge in [-0.15, -0.1) is 15.0 Å². The summed E-state index contributed by atoms with van der Waals surface area (Å²) in [6.45, 7) is 2.12. The van der Waals surface area contributed by atoms with E-state index in [4.69, 9.17) is 0 Å². The topological polar surface area (TPSA) is 55.6 Å². The summed E-state index contributed by atoms with van der Waals surface area (Å²) >= 11 is 0. The fourth-order valence-electron chi connectivity index (χ4n) is 2.38. The standard InChI is InChI=1S/C13H16FN5/c14-11-2-1-3-12(9-11)19-17-13(16-18-19)8-10-4-6-15-7-5-10/h1-3,9-10,15H,4-8H2. The molecule has 0 spiro atoms. The van der Waals surface area contributed by atoms with Gasteiger partial charge in [0.1, 0.15) is 5.82 Å². The van der Waals surface area contributed by atoms with E-state index in [1.807, 2.05) is 0 Å². The maximum Gasteiger partial charge on any atom is 0.175 e. The van der Waals surface area contributed by atoms with Crippen molar-refractivity contribution in [1.82, 2.24) is 25.5 Å². The number of rotatable bonds is 3. The van der Waals surface area contributed by atoms with Crippen LogP contribution in [0.25, 0.3) is 5.69 Å². The highest BCUT2D eigenvalue weighted by molar-refractivity contribution is 5.29. The molecule has 1 aliphatic heterocycles. The molecule has 0 unspecified atom stereocenters. The van der Waals surface area contributed by atoms with Crippen molar-refractivity contribution >= 4 is 0 Å². The van der Waals surface area contributed by atoms with Gasteiger partial charge in [-0.3, -0.25) is 0 Å². The smallest absolute Gasteiger partial charge is 0.175 e. The molecule has 100 valence electrons. The number of benzene rings is 1. The van der Waals surface area contributed by atoms with Crippen LogP contribution < -0.4 is 5.32 Å². The van der Waals surface area contributed by atoms with E-state index < -0.39 is 0 Å². The number of hydrogen-bond acceptors (Lipinski definition) is 4. The molecule has 6 heteroatoms. The van der Waals surface area contributed by atoms with Gasteiger partial charge in [-0.25, -0.2) is 4.39 Å². The number of aromatic nitrogens is 4. The quantitative estimate of drug-likeness (QED) is 0.906. The molecule has 5 nitrogen and oxygen atoms in total. The van der Waals surface area contributed by atoms with Gasteiger partial charge in [-0.2, -0.15) is 0 Å². The van der Waals surface area contributed by atoms with Crippen LogP contribution in [0.5, 0.6) is 0 Å². The average Bonchev–Trinajstić information content (AvgIpc) is 2.88. The molecule has 0 radical (unpaired) electrons. The van der Waals surface area contributed by atoms with E-state index in [-0.39, 0.29) is 5.82 Å². The van der Waals surface area contributed by atoms with Crippen LogP contribution in [0.4, 0.5) is 4.39 Å². The Morgan fingerprint density at radius 2 is 2.16 bits per heavy atom. The summed E-state index contributed by atoms with van der Waals surface area (Å²) in [5.41, 5.74) is 0.601. The van der Waals surface area contributed by atoms with Gasteiger partial charge in [0, 0.05) is 12.5 Å². The van der Waals surface area contributed by atoms with Gasteiger partial charge in [0.25, 0.3) is 0 Å². The summed E-state index contributed by atoms with van der Waals surface area (Å²) in [5, 5.41) is 15.7. The lowest BCUT2D eigenvalue weighted by Gasteiger charge is -2.20. The Labute approximate surface area is 110 Å². The molecule has 1 aromatic carbocycles. The first-order valence-electron chi connectivity index (χ1n) is 6.57. The maximum absolute atomic E-state index is 13.1. The van der Waals surface area contributed by atoms with Crippen LogP contribution in [-0.2, 0) is 6.42 Å². The third kappa shape index (κ3) is 2.96. The van der Waals surface area contributed by atoms with Gasteiger partial charge in [0.05, 0.1) is 5.69 Å². The number of nitrogens with one attached hydrogen (secondary N) is 1. The number of halogens is 1. The van der Waals surface area contributed by atoms with Crippen molar-refractivity contribution in [1.29, 1.82) is 0 Å². The highest BCUT2D eigenvalue weighted by Gasteiger charge is 2.16. The van der Waals surface area contributed by atoms with E-state index >= 15 is 0 Å². The molecule has 2 heterocycles. The van der Waals surface area contributed by atoms with Gasteiger partial charge in [-0.1, -0.05) is 6.07 Å². The fraction of sp³-hybridized carbons (Fsp3) is 0.462. The molecule has 1 fully saturated rings. The molecule has 0 amide bonds. The van der Waals surface area contributed by atoms with Crippen molar-refractivity contribution in [3.63, 3.8) is 0 Å². The van der Waals surface area contributed by atoms with Crippen molar-refractivity contribution in [3.8, 4) is 5.69 Å². The minimum absolute atomic E-state index is 0.297. The lowest BCUT2D eigenvalue weighted by Crippen LogP contribution is -2.28. The molecule has 1 aliphatic rings. The zero-order valence-corrected chi connectivity index (χ0v) is 10.6. The van der Waals surface area contributed by atoms with Gasteiger partial charge >= 0.3 is 0 Å². The van der Waals surface area contributed by atoms with Gasteiger partial charge < -0.3 is 5.32 Å². The Balaban J connectivity index is 1.72. The van der Waals surface area contributed by atoms with E-state index in [1.54, 1.807) is 12.1 Å². The number of hydrogen-bond donors (Lipinski definition) is 1. The van der Waals surface area contributed by atoms with E-state index in [0.717, 1.165) is 38.2 Å². The fourth-order valence-corrected chi connectivity index (χ4v) is 2.38. The Bertz CT molecular complexity index is 547. The predicted molar refractivity (Wildman–Crippen MR) is 68.4 cm³/mol. The van der Waals surface area contributed by atoms with Crippen LogP contribution in [0.15, 0.2) is 24.3 Å². The number of nitrogens with zero attached hydrogens (tertiary/aromatic N) is 4. The molecule has 1 N–H and O–H groups in total. The summed E-state index contributed by atoms with van der Waals surface area (Å²) in [4.78, 5) is 1.39. The monoisotopic (exact) mass is 261 g/mol. The first-order chi connectivity index (χ1) is 9.31. The van der Waals surface area contributed by atoms with Crippen molar-refractivity contribution < 1.29 is 4.39 Å². The summed E-state index contributed by atoms with van der Waals surface area (Å²) in [6, 6.07) is 6.20. The van der Waals surface area contributed by atoms with Crippen molar-refractivity contribution in [3.05, 3.63) is 35.9 Å². The highest BCUT2D eigenvalue weighted by atomic mass is 19.1. The van der Waals surface area contributed by atoms with Gasteiger partial charge in [0.2, 0.25) is 0 Å². The maximum atomic E-state index is 13.1. The lowest BCUT2D eigenvalue weighted by atomic mass is 9.94. The van der Waals surface area contributed by atoms with Crippen LogP contribution in [0.1, 0.15) is 18.7 Å². The van der Waals surface area contributed by atoms with Crippen molar-refractivity contribution in [2.45, 2.75) is 19.3 Å². The highest BCUT2D eigenvalue weighted by Crippen LogP contribution is 2.16. The summed E-state index contributed by atoms with van der Waals surface area (Å²) in [7, 11) is 0. The molecular formula is C13H16FN5. The first kappa shape index (κ1) is 12.2. The minimum Gasteiger partial charge on any atom is -0.317 e. The predicted octanol–water partition coefficient (Wildman–Crippen LogP) is 1.34. The van der Waals surface area contributed by atoms with E-state index in [9.17, 15) is 4.39 Å².